The van der Waals surface area contributed by atoms with Gasteiger partial charge in [-0.1, -0.05) is 438 Å². The number of hydrogen-bond acceptors (Lipinski definition) is 0. The van der Waals surface area contributed by atoms with E-state index >= 15 is 0 Å². The van der Waals surface area contributed by atoms with Crippen LogP contribution in [0.15, 0.2) is 273 Å². The Bertz CT molecular complexity index is 6960. The van der Waals surface area contributed by atoms with Crippen LogP contribution in [0.25, 0.3) is 149 Å². The van der Waals surface area contributed by atoms with Crippen LogP contribution in [0.4, 0.5) is 0 Å². The second-order valence-electron chi connectivity index (χ2n) is 30.3. The number of hydrogen-bond donors (Lipinski definition) is 0. The molecule has 0 atom stereocenters. The quantitative estimate of drug-likeness (QED) is 0.144. The Morgan fingerprint density at radius 2 is 0.417 bits per heavy atom. The van der Waals surface area contributed by atoms with Crippen molar-refractivity contribution in [2.75, 3.05) is 0 Å². The van der Waals surface area contributed by atoms with E-state index < -0.39 is 0 Å². The van der Waals surface area contributed by atoms with Crippen molar-refractivity contribution < 1.29 is 0 Å². The molecule has 0 unspecified atom stereocenters. The fraction of sp³-hybridized carbons (Fsp3) is 0.302. The van der Waals surface area contributed by atoms with E-state index in [-0.39, 0.29) is 0 Å². The zero-order chi connectivity index (χ0) is 95.9. The predicted octanol–water partition coefficient (Wildman–Crippen LogP) is 38.9. The third kappa shape index (κ3) is 17.3. The van der Waals surface area contributed by atoms with E-state index in [4.69, 9.17) is 0 Å². The first-order valence-corrected chi connectivity index (χ1v) is 51.8. The summed E-state index contributed by atoms with van der Waals surface area (Å²) in [6.45, 7) is 60.0. The van der Waals surface area contributed by atoms with Crippen molar-refractivity contribution in [3.63, 3.8) is 0 Å². The highest BCUT2D eigenvalue weighted by molar-refractivity contribution is 6.22. The molecule has 0 saturated heterocycles. The molecule has 132 heavy (non-hydrogen) atoms. The maximum atomic E-state index is 2.54. The van der Waals surface area contributed by atoms with Gasteiger partial charge in [0.15, 0.2) is 0 Å². The minimum Gasteiger partial charge on any atom is -0.309 e. The Hall–Kier alpha value is -12.3. The number of aromatic nitrogens is 3. The average molecular weight is 1750 g/mol. The van der Waals surface area contributed by atoms with Crippen LogP contribution in [0, 0.1) is 0 Å². The first-order valence-electron chi connectivity index (χ1n) is 51.8. The highest BCUT2D eigenvalue weighted by Gasteiger charge is 2.37. The minimum absolute atomic E-state index is 1.01. The molecule has 0 amide bonds. The van der Waals surface area contributed by atoms with Gasteiger partial charge in [-0.2, -0.15) is 0 Å². The third-order valence-corrected chi connectivity index (χ3v) is 25.3. The van der Waals surface area contributed by atoms with Gasteiger partial charge in [-0.3, -0.25) is 0 Å². The third-order valence-electron chi connectivity index (χ3n) is 25.3. The maximum absolute atomic E-state index is 2.54. The molecule has 27 rings (SSSR count). The molecular weight excluding hydrogens is 1590 g/mol. The molecule has 15 aromatic carbocycles. The fourth-order valence-electron chi connectivity index (χ4n) is 21.2. The van der Waals surface area contributed by atoms with Gasteiger partial charge in [-0.15, -0.1) is 0 Å². The first-order chi connectivity index (χ1) is 65.6. The van der Waals surface area contributed by atoms with Crippen LogP contribution in [-0.2, 0) is 57.8 Å². The lowest BCUT2D eigenvalue weighted by atomic mass is 9.91. The van der Waals surface area contributed by atoms with Crippen molar-refractivity contribution in [3.8, 4) is 83.8 Å². The minimum atomic E-state index is 1.01. The van der Waals surface area contributed by atoms with Gasteiger partial charge < -0.3 is 13.7 Å². The van der Waals surface area contributed by atoms with Gasteiger partial charge in [-0.25, -0.2) is 0 Å². The monoisotopic (exact) mass is 1740 g/mol. The van der Waals surface area contributed by atoms with E-state index in [0.717, 1.165) is 57.8 Å². The molecular formula is C129H153N3. The van der Waals surface area contributed by atoms with Crippen LogP contribution in [-0.4, -0.2) is 13.7 Å². The van der Waals surface area contributed by atoms with Crippen molar-refractivity contribution in [3.05, 3.63) is 373 Å². The number of nitrogens with zero attached hydrogens (tertiary/aromatic N) is 3. The summed E-state index contributed by atoms with van der Waals surface area (Å²) in [6, 6.07) is 103. The molecule has 0 bridgehead atoms. The van der Waals surface area contributed by atoms with Crippen molar-refractivity contribution in [1.82, 2.24) is 13.7 Å². The molecule has 0 fully saturated rings. The number of para-hydroxylation sites is 6. The first kappa shape index (κ1) is 102. The lowest BCUT2D eigenvalue weighted by molar-refractivity contribution is 1.04. The van der Waals surface area contributed by atoms with Gasteiger partial charge in [0.25, 0.3) is 0 Å². The zero-order valence-corrected chi connectivity index (χ0v) is 86.2. The molecule has 18 aromatic rings. The van der Waals surface area contributed by atoms with Gasteiger partial charge in [0.1, 0.15) is 0 Å². The van der Waals surface area contributed by atoms with E-state index in [0.29, 0.717) is 0 Å². The summed E-state index contributed by atoms with van der Waals surface area (Å²) in [4.78, 5) is 0. The Kier molecular flexibility index (Phi) is 36.8. The molecule has 3 aliphatic heterocycles. The van der Waals surface area contributed by atoms with Gasteiger partial charge in [0.05, 0.1) is 33.1 Å². The van der Waals surface area contributed by atoms with Crippen LogP contribution in [0.1, 0.15) is 308 Å². The van der Waals surface area contributed by atoms with Crippen LogP contribution < -0.4 is 0 Å². The SMILES string of the molecule is CC.CC.CC.CC.CC.CC.CC.CC.CC.CC.CC.CC.CC.CC.CC.c1ccc2c(c1)Cc1c-2ccc2c1-c1c(ccc3c1c1cccc4c1n3-c1ccccc1C4)C2.c1ccc2c(c1)Cc1cc3c(cc1-2)-c1c(ccc2c1c1cccc4c1n2-c1ccccc1C4)C3.c1ccc2c(c1)Cc1ccc3c(c1-2)-c1c(ccc2c1c1cccc4c1n2-c1ccccc1C4)C3. The second-order valence-corrected chi connectivity index (χ2v) is 30.3. The topological polar surface area (TPSA) is 14.8 Å². The van der Waals surface area contributed by atoms with Crippen molar-refractivity contribution in [1.29, 1.82) is 0 Å². The summed E-state index contributed by atoms with van der Waals surface area (Å²) in [5.41, 5.74) is 55.9. The van der Waals surface area contributed by atoms with E-state index in [1.54, 1.807) is 0 Å². The Balaban J connectivity index is 0.000000180. The van der Waals surface area contributed by atoms with Crippen LogP contribution in [0.5, 0.6) is 0 Å². The summed E-state index contributed by atoms with van der Waals surface area (Å²) < 4.78 is 7.60. The lowest BCUT2D eigenvalue weighted by Gasteiger charge is -2.20. The van der Waals surface area contributed by atoms with E-state index in [1.165, 1.54) is 249 Å². The molecule has 684 valence electrons. The van der Waals surface area contributed by atoms with E-state index in [2.05, 4.69) is 287 Å². The Morgan fingerprint density at radius 1 is 0.152 bits per heavy atom. The molecule has 9 aliphatic rings. The molecule has 0 radical (unpaired) electrons. The van der Waals surface area contributed by atoms with E-state index in [9.17, 15) is 0 Å². The van der Waals surface area contributed by atoms with Gasteiger partial charge in [0, 0.05) is 68.6 Å². The summed E-state index contributed by atoms with van der Waals surface area (Å²) in [6.07, 6.45) is 9.26. The molecule has 0 spiro atoms. The Labute approximate surface area is 796 Å². The van der Waals surface area contributed by atoms with Crippen molar-refractivity contribution in [2.24, 2.45) is 0 Å². The highest BCUT2D eigenvalue weighted by Crippen LogP contribution is 2.57. The smallest absolute Gasteiger partial charge is 0.0576 e. The van der Waals surface area contributed by atoms with Crippen molar-refractivity contribution >= 4 is 65.4 Å². The fourth-order valence-corrected chi connectivity index (χ4v) is 21.2. The average Bonchev–Trinajstić information content (AvgIpc) is 1.54. The molecule has 6 aliphatic carbocycles. The molecule has 6 heterocycles. The van der Waals surface area contributed by atoms with Gasteiger partial charge >= 0.3 is 0 Å². The summed E-state index contributed by atoms with van der Waals surface area (Å²) in [5, 5.41) is 8.50. The summed E-state index contributed by atoms with van der Waals surface area (Å²) in [5.74, 6) is 0. The van der Waals surface area contributed by atoms with Crippen molar-refractivity contribution in [2.45, 2.75) is 265 Å². The molecule has 3 nitrogen and oxygen atoms in total. The number of rotatable bonds is 0. The molecule has 3 heteroatoms. The van der Waals surface area contributed by atoms with Crippen LogP contribution in [0.3, 0.4) is 0 Å². The molecule has 0 saturated carbocycles. The molecule has 0 N–H and O–H groups in total. The number of benzene rings is 15. The van der Waals surface area contributed by atoms with Gasteiger partial charge in [-0.05, 0) is 248 Å². The summed E-state index contributed by atoms with van der Waals surface area (Å²) >= 11 is 0. The Morgan fingerprint density at radius 3 is 0.841 bits per heavy atom. The van der Waals surface area contributed by atoms with Gasteiger partial charge in [0.2, 0.25) is 0 Å². The largest absolute Gasteiger partial charge is 0.309 e. The zero-order valence-electron chi connectivity index (χ0n) is 86.2. The van der Waals surface area contributed by atoms with E-state index in [1.807, 2.05) is 208 Å². The predicted molar refractivity (Wildman–Crippen MR) is 590 cm³/mol. The summed E-state index contributed by atoms with van der Waals surface area (Å²) in [7, 11) is 0. The number of fused-ring (bicyclic) bond motifs is 38. The highest BCUT2D eigenvalue weighted by atomic mass is 15.0. The van der Waals surface area contributed by atoms with Crippen LogP contribution >= 0.6 is 0 Å². The standard InChI is InChI=1S/3C33H21N.15C2H6/c1-3-9-24-19(6-1)18-27-25(24)14-12-21-17-22-13-15-29-32(31(22)30(21)27)26-10-5-8-23-16-20-7-2-4-11-28(20)34(29)33(23)26;1-3-9-25-19(6-1)14-23-17-24-16-21-12-13-30-32(31(21)28(24)18-27(23)25)26-10-5-8-22-15-20-7-2-4-11-29(20)34(30)33(22)26;1-3-9-25-19(6-1)16-21-12-13-22-18-23-14-15-28-32(31(23)30(22)29(21)25)26-10-5-8-24-17-20-7-2-4-11-27(20)34(28)33(24)26;15*1-2/h1-15H,16-18H2;1-13,17-18H,14-16H2;1-15H,16-18H2;15*1-2H3. The lowest BCUT2D eigenvalue weighted by Crippen LogP contribution is -2.07. The molecule has 3 aromatic heterocycles. The maximum Gasteiger partial charge on any atom is 0.0576 e. The normalized spacial score (nSPS) is 11.6. The van der Waals surface area contributed by atoms with Crippen LogP contribution in [0.2, 0.25) is 0 Å². The second kappa shape index (κ2) is 47.7.